The van der Waals surface area contributed by atoms with Crippen LogP contribution in [-0.4, -0.2) is 26.0 Å². The van der Waals surface area contributed by atoms with E-state index >= 15 is 0 Å². The summed E-state index contributed by atoms with van der Waals surface area (Å²) in [7, 11) is -3.71. The monoisotopic (exact) mass is 289 g/mol. The third kappa shape index (κ3) is 2.90. The van der Waals surface area contributed by atoms with Gasteiger partial charge in [-0.25, -0.2) is 17.9 Å². The zero-order valence-electron chi connectivity index (χ0n) is 9.92. The van der Waals surface area contributed by atoms with Gasteiger partial charge in [-0.05, 0) is 36.1 Å². The average Bonchev–Trinajstić information content (AvgIpc) is 3.01. The fraction of sp³-hybridized carbons (Fsp3) is 0.545. The topological polar surface area (TPSA) is 83.5 Å². The summed E-state index contributed by atoms with van der Waals surface area (Å²) in [6.45, 7) is 2.37. The van der Waals surface area contributed by atoms with Gasteiger partial charge in [0.15, 0.2) is 0 Å². The molecule has 0 amide bonds. The highest BCUT2D eigenvalue weighted by Gasteiger charge is 2.30. The maximum atomic E-state index is 12.0. The molecule has 1 aliphatic carbocycles. The molecule has 1 aliphatic rings. The molecule has 0 aliphatic heterocycles. The normalized spacial score (nSPS) is 17.6. The number of hydrogen-bond acceptors (Lipinski definition) is 4. The van der Waals surface area contributed by atoms with E-state index in [4.69, 9.17) is 5.11 Å². The predicted octanol–water partition coefficient (Wildman–Crippen LogP) is 1.77. The van der Waals surface area contributed by atoms with Crippen molar-refractivity contribution in [2.75, 3.05) is 6.54 Å². The van der Waals surface area contributed by atoms with Crippen molar-refractivity contribution in [1.29, 1.82) is 0 Å². The van der Waals surface area contributed by atoms with Gasteiger partial charge in [0.05, 0.1) is 0 Å². The third-order valence-corrected chi connectivity index (χ3v) is 5.63. The van der Waals surface area contributed by atoms with Gasteiger partial charge in [-0.2, -0.15) is 0 Å². The number of thiophene rings is 1. The van der Waals surface area contributed by atoms with Gasteiger partial charge >= 0.3 is 5.97 Å². The SMILES string of the molecule is CC(CNS(=O)(=O)c1ccsc1C(=O)O)C1CC1. The van der Waals surface area contributed by atoms with E-state index in [1.165, 1.54) is 11.4 Å². The lowest BCUT2D eigenvalue weighted by Crippen LogP contribution is -2.29. The van der Waals surface area contributed by atoms with Gasteiger partial charge in [0.1, 0.15) is 9.77 Å². The smallest absolute Gasteiger partial charge is 0.347 e. The van der Waals surface area contributed by atoms with Crippen LogP contribution in [0.1, 0.15) is 29.4 Å². The number of rotatable bonds is 6. The van der Waals surface area contributed by atoms with Crippen molar-refractivity contribution in [2.24, 2.45) is 11.8 Å². The molecule has 1 aromatic heterocycles. The highest BCUT2D eigenvalue weighted by molar-refractivity contribution is 7.89. The molecule has 0 saturated heterocycles. The summed E-state index contributed by atoms with van der Waals surface area (Å²) in [4.78, 5) is 10.6. The van der Waals surface area contributed by atoms with E-state index in [9.17, 15) is 13.2 Å². The molecule has 2 N–H and O–H groups in total. The fourth-order valence-corrected chi connectivity index (χ4v) is 4.22. The molecule has 1 saturated carbocycles. The van der Waals surface area contributed by atoms with Crippen LogP contribution in [0.5, 0.6) is 0 Å². The van der Waals surface area contributed by atoms with E-state index in [-0.39, 0.29) is 9.77 Å². The molecule has 100 valence electrons. The molecule has 2 rings (SSSR count). The molecule has 1 unspecified atom stereocenters. The third-order valence-electron chi connectivity index (χ3n) is 3.13. The van der Waals surface area contributed by atoms with Crippen LogP contribution in [0.3, 0.4) is 0 Å². The fourth-order valence-electron chi connectivity index (χ4n) is 1.82. The number of nitrogens with one attached hydrogen (secondary N) is 1. The summed E-state index contributed by atoms with van der Waals surface area (Å²) in [5.74, 6) is -0.304. The minimum atomic E-state index is -3.71. The molecule has 1 atom stereocenters. The van der Waals surface area contributed by atoms with Crippen molar-refractivity contribution in [3.63, 3.8) is 0 Å². The van der Waals surface area contributed by atoms with Gasteiger partial charge in [-0.3, -0.25) is 0 Å². The van der Waals surface area contributed by atoms with E-state index in [0.29, 0.717) is 18.4 Å². The summed E-state index contributed by atoms with van der Waals surface area (Å²) in [5.41, 5.74) is 0. The van der Waals surface area contributed by atoms with E-state index < -0.39 is 16.0 Å². The first-order valence-electron chi connectivity index (χ1n) is 5.72. The highest BCUT2D eigenvalue weighted by Crippen LogP contribution is 2.36. The Morgan fingerprint density at radius 2 is 2.28 bits per heavy atom. The molecule has 5 nitrogen and oxygen atoms in total. The van der Waals surface area contributed by atoms with Crippen LogP contribution in [0, 0.1) is 11.8 Å². The Bertz CT molecular complexity index is 545. The molecule has 1 aromatic rings. The molecular weight excluding hydrogens is 274 g/mol. The van der Waals surface area contributed by atoms with Crippen LogP contribution < -0.4 is 4.72 Å². The van der Waals surface area contributed by atoms with Gasteiger partial charge in [0.2, 0.25) is 10.0 Å². The first kappa shape index (κ1) is 13.5. The minimum Gasteiger partial charge on any atom is -0.477 e. The number of carboxylic acids is 1. The lowest BCUT2D eigenvalue weighted by atomic mass is 10.1. The number of hydrogen-bond donors (Lipinski definition) is 2. The van der Waals surface area contributed by atoms with Crippen molar-refractivity contribution in [1.82, 2.24) is 4.72 Å². The van der Waals surface area contributed by atoms with Crippen LogP contribution in [0.4, 0.5) is 0 Å². The lowest BCUT2D eigenvalue weighted by molar-refractivity contribution is 0.0698. The molecule has 0 bridgehead atoms. The van der Waals surface area contributed by atoms with E-state index in [1.54, 1.807) is 0 Å². The van der Waals surface area contributed by atoms with Gasteiger partial charge in [-0.15, -0.1) is 11.3 Å². The molecule has 0 spiro atoms. The number of carbonyl (C=O) groups is 1. The zero-order chi connectivity index (χ0) is 13.3. The summed E-state index contributed by atoms with van der Waals surface area (Å²) in [6, 6.07) is 1.33. The Morgan fingerprint density at radius 1 is 1.61 bits per heavy atom. The summed E-state index contributed by atoms with van der Waals surface area (Å²) in [6.07, 6.45) is 2.31. The van der Waals surface area contributed by atoms with Crippen LogP contribution in [0.2, 0.25) is 0 Å². The standard InChI is InChI=1S/C11H15NO4S2/c1-7(8-2-3-8)6-12-18(15,16)9-4-5-17-10(9)11(13)14/h4-5,7-8,12H,2-3,6H2,1H3,(H,13,14). The van der Waals surface area contributed by atoms with Crippen molar-refractivity contribution in [3.8, 4) is 0 Å². The van der Waals surface area contributed by atoms with E-state index in [1.807, 2.05) is 6.92 Å². The summed E-state index contributed by atoms with van der Waals surface area (Å²) in [5, 5.41) is 10.4. The average molecular weight is 289 g/mol. The number of carboxylic acid groups (broad SMARTS) is 1. The molecule has 0 aromatic carbocycles. The number of aromatic carboxylic acids is 1. The van der Waals surface area contributed by atoms with Gasteiger partial charge in [-0.1, -0.05) is 6.92 Å². The van der Waals surface area contributed by atoms with Crippen LogP contribution in [0.15, 0.2) is 16.3 Å². The Morgan fingerprint density at radius 3 is 2.83 bits per heavy atom. The predicted molar refractivity (Wildman–Crippen MR) is 68.4 cm³/mol. The Kier molecular flexibility index (Phi) is 3.74. The maximum Gasteiger partial charge on any atom is 0.347 e. The molecule has 1 fully saturated rings. The Labute approximate surface area is 110 Å². The summed E-state index contributed by atoms with van der Waals surface area (Å²) < 4.78 is 26.5. The second-order valence-electron chi connectivity index (χ2n) is 4.59. The van der Waals surface area contributed by atoms with E-state index in [0.717, 1.165) is 24.2 Å². The van der Waals surface area contributed by atoms with Crippen LogP contribution in [-0.2, 0) is 10.0 Å². The van der Waals surface area contributed by atoms with Crippen molar-refractivity contribution < 1.29 is 18.3 Å². The second kappa shape index (κ2) is 4.99. The van der Waals surface area contributed by atoms with Gasteiger partial charge in [0, 0.05) is 6.54 Å². The van der Waals surface area contributed by atoms with Gasteiger partial charge in [0.25, 0.3) is 0 Å². The first-order chi connectivity index (χ1) is 8.42. The highest BCUT2D eigenvalue weighted by atomic mass is 32.2. The largest absolute Gasteiger partial charge is 0.477 e. The van der Waals surface area contributed by atoms with Crippen molar-refractivity contribution >= 4 is 27.3 Å². The molecule has 0 radical (unpaired) electrons. The quantitative estimate of drug-likeness (QED) is 0.836. The maximum absolute atomic E-state index is 12.0. The van der Waals surface area contributed by atoms with E-state index in [2.05, 4.69) is 4.72 Å². The molecule has 7 heteroatoms. The molecule has 18 heavy (non-hydrogen) atoms. The van der Waals surface area contributed by atoms with Crippen LogP contribution >= 0.6 is 11.3 Å². The first-order valence-corrected chi connectivity index (χ1v) is 8.08. The Hall–Kier alpha value is -0.920. The summed E-state index contributed by atoms with van der Waals surface area (Å²) >= 11 is 0.919. The Balaban J connectivity index is 2.09. The minimum absolute atomic E-state index is 0.136. The molecule has 1 heterocycles. The lowest BCUT2D eigenvalue weighted by Gasteiger charge is -2.11. The second-order valence-corrected chi connectivity index (χ2v) is 7.24. The van der Waals surface area contributed by atoms with Gasteiger partial charge < -0.3 is 5.11 Å². The number of sulfonamides is 1. The molecular formula is C11H15NO4S2. The van der Waals surface area contributed by atoms with Crippen LogP contribution in [0.25, 0.3) is 0 Å². The van der Waals surface area contributed by atoms with Crippen molar-refractivity contribution in [3.05, 3.63) is 16.3 Å². The van der Waals surface area contributed by atoms with Crippen molar-refractivity contribution in [2.45, 2.75) is 24.7 Å². The zero-order valence-corrected chi connectivity index (χ0v) is 11.6.